The van der Waals surface area contributed by atoms with E-state index >= 15 is 0 Å². The first-order valence-electron chi connectivity index (χ1n) is 6.97. The van der Waals surface area contributed by atoms with E-state index in [1.165, 1.54) is 11.1 Å². The SMILES string of the molecule is COc1cc2c(cc1OC)[C@@H]1C[C@@H](N)CCN1CC2.Cl.Cl. The molecule has 0 saturated carbocycles. The molecular formula is C15H24Cl2N2O2. The standard InChI is InChI=1S/C15H22N2O2.2ClH/c1-18-14-7-10-3-5-17-6-4-11(16)8-13(17)12(10)9-15(14)19-2;;/h7,9,11,13H,3-6,8,16H2,1-2H3;2*1H/t11-,13-;;/m0../s1. The van der Waals surface area contributed by atoms with E-state index in [9.17, 15) is 0 Å². The number of rotatable bonds is 2. The van der Waals surface area contributed by atoms with Crippen LogP contribution in [-0.4, -0.2) is 38.3 Å². The summed E-state index contributed by atoms with van der Waals surface area (Å²) >= 11 is 0. The van der Waals surface area contributed by atoms with Gasteiger partial charge in [-0.15, -0.1) is 24.8 Å². The molecule has 120 valence electrons. The fourth-order valence-corrected chi connectivity index (χ4v) is 3.36. The number of nitrogens with two attached hydrogens (primary N) is 1. The summed E-state index contributed by atoms with van der Waals surface area (Å²) in [7, 11) is 3.38. The van der Waals surface area contributed by atoms with Crippen LogP contribution in [-0.2, 0) is 6.42 Å². The second kappa shape index (κ2) is 7.54. The smallest absolute Gasteiger partial charge is 0.161 e. The number of halogens is 2. The minimum absolute atomic E-state index is 0. The second-order valence-corrected chi connectivity index (χ2v) is 5.49. The van der Waals surface area contributed by atoms with Crippen molar-refractivity contribution in [2.45, 2.75) is 31.3 Å². The minimum atomic E-state index is 0. The van der Waals surface area contributed by atoms with Crippen LogP contribution in [0.2, 0.25) is 0 Å². The topological polar surface area (TPSA) is 47.7 Å². The van der Waals surface area contributed by atoms with E-state index < -0.39 is 0 Å². The average Bonchev–Trinajstić information content (AvgIpc) is 2.45. The van der Waals surface area contributed by atoms with Crippen molar-refractivity contribution in [3.63, 3.8) is 0 Å². The quantitative estimate of drug-likeness (QED) is 0.902. The minimum Gasteiger partial charge on any atom is -0.493 e. The maximum Gasteiger partial charge on any atom is 0.161 e. The molecule has 2 N–H and O–H groups in total. The highest BCUT2D eigenvalue weighted by Gasteiger charge is 2.33. The lowest BCUT2D eigenvalue weighted by molar-refractivity contribution is 0.126. The Bertz CT molecular complexity index is 485. The molecule has 6 heteroatoms. The highest BCUT2D eigenvalue weighted by atomic mass is 35.5. The highest BCUT2D eigenvalue weighted by molar-refractivity contribution is 5.85. The van der Waals surface area contributed by atoms with E-state index in [4.69, 9.17) is 15.2 Å². The number of nitrogens with zero attached hydrogens (tertiary/aromatic N) is 1. The van der Waals surface area contributed by atoms with Crippen LogP contribution in [0.15, 0.2) is 12.1 Å². The number of fused-ring (bicyclic) bond motifs is 3. The molecule has 0 aliphatic carbocycles. The number of hydrogen-bond acceptors (Lipinski definition) is 4. The zero-order valence-electron chi connectivity index (χ0n) is 12.5. The Kier molecular flexibility index (Phi) is 6.60. The largest absolute Gasteiger partial charge is 0.493 e. The van der Waals surface area contributed by atoms with E-state index in [2.05, 4.69) is 17.0 Å². The lowest BCUT2D eigenvalue weighted by Gasteiger charge is -2.42. The summed E-state index contributed by atoms with van der Waals surface area (Å²) in [6, 6.07) is 5.04. The summed E-state index contributed by atoms with van der Waals surface area (Å²) in [6.45, 7) is 2.24. The number of piperidine rings is 1. The molecule has 0 radical (unpaired) electrons. The summed E-state index contributed by atoms with van der Waals surface area (Å²) in [5.41, 5.74) is 8.90. The van der Waals surface area contributed by atoms with Crippen molar-refractivity contribution in [2.24, 2.45) is 5.73 Å². The molecular weight excluding hydrogens is 311 g/mol. The molecule has 3 rings (SSSR count). The van der Waals surface area contributed by atoms with Crippen molar-refractivity contribution in [3.05, 3.63) is 23.3 Å². The summed E-state index contributed by atoms with van der Waals surface area (Å²) in [5, 5.41) is 0. The fourth-order valence-electron chi connectivity index (χ4n) is 3.36. The first-order chi connectivity index (χ1) is 9.22. The van der Waals surface area contributed by atoms with Crippen molar-refractivity contribution in [1.82, 2.24) is 4.90 Å². The van der Waals surface area contributed by atoms with Crippen LogP contribution in [0, 0.1) is 0 Å². The Balaban J connectivity index is 0.00000110. The molecule has 0 spiro atoms. The van der Waals surface area contributed by atoms with Gasteiger partial charge < -0.3 is 15.2 Å². The first kappa shape index (κ1) is 18.4. The fraction of sp³-hybridized carbons (Fsp3) is 0.600. The summed E-state index contributed by atoms with van der Waals surface area (Å²) in [6.07, 6.45) is 3.24. The van der Waals surface area contributed by atoms with Crippen LogP contribution >= 0.6 is 24.8 Å². The van der Waals surface area contributed by atoms with Gasteiger partial charge in [-0.25, -0.2) is 0 Å². The molecule has 0 bridgehead atoms. The van der Waals surface area contributed by atoms with Gasteiger partial charge >= 0.3 is 0 Å². The lowest BCUT2D eigenvalue weighted by atomic mass is 9.85. The van der Waals surface area contributed by atoms with Gasteiger partial charge in [0.25, 0.3) is 0 Å². The molecule has 0 unspecified atom stereocenters. The predicted molar refractivity (Wildman–Crippen MR) is 89.3 cm³/mol. The van der Waals surface area contributed by atoms with Crippen molar-refractivity contribution in [1.29, 1.82) is 0 Å². The molecule has 0 aromatic heterocycles. The second-order valence-electron chi connectivity index (χ2n) is 5.49. The molecule has 21 heavy (non-hydrogen) atoms. The first-order valence-corrected chi connectivity index (χ1v) is 6.97. The van der Waals surface area contributed by atoms with E-state index in [1.54, 1.807) is 14.2 Å². The van der Waals surface area contributed by atoms with Gasteiger partial charge in [-0.3, -0.25) is 4.90 Å². The Morgan fingerprint density at radius 1 is 1.10 bits per heavy atom. The number of methoxy groups -OCH3 is 2. The van der Waals surface area contributed by atoms with Gasteiger partial charge in [0.1, 0.15) is 0 Å². The molecule has 1 saturated heterocycles. The zero-order chi connectivity index (χ0) is 13.4. The van der Waals surface area contributed by atoms with Crippen LogP contribution < -0.4 is 15.2 Å². The third kappa shape index (κ3) is 3.39. The lowest BCUT2D eigenvalue weighted by Crippen LogP contribution is -2.45. The van der Waals surface area contributed by atoms with Crippen LogP contribution in [0.1, 0.15) is 30.0 Å². The molecule has 2 aliphatic heterocycles. The molecule has 2 atom stereocenters. The number of hydrogen-bond donors (Lipinski definition) is 1. The van der Waals surface area contributed by atoms with Crippen LogP contribution in [0.3, 0.4) is 0 Å². The Labute approximate surface area is 138 Å². The maximum atomic E-state index is 6.14. The molecule has 1 aromatic rings. The van der Waals surface area contributed by atoms with Crippen LogP contribution in [0.25, 0.3) is 0 Å². The number of benzene rings is 1. The van der Waals surface area contributed by atoms with E-state index in [0.717, 1.165) is 43.9 Å². The summed E-state index contributed by atoms with van der Waals surface area (Å²) in [5.74, 6) is 1.65. The van der Waals surface area contributed by atoms with Crippen LogP contribution in [0.5, 0.6) is 11.5 Å². The van der Waals surface area contributed by atoms with Gasteiger partial charge in [-0.1, -0.05) is 0 Å². The van der Waals surface area contributed by atoms with Gasteiger partial charge in [-0.2, -0.15) is 0 Å². The third-order valence-electron chi connectivity index (χ3n) is 4.43. The Morgan fingerprint density at radius 2 is 1.76 bits per heavy atom. The van der Waals surface area contributed by atoms with Crippen molar-refractivity contribution in [2.75, 3.05) is 27.3 Å². The molecule has 4 nitrogen and oxygen atoms in total. The van der Waals surface area contributed by atoms with Crippen LogP contribution in [0.4, 0.5) is 0 Å². The number of ether oxygens (including phenoxy) is 2. The van der Waals surface area contributed by atoms with Crippen molar-refractivity contribution in [3.8, 4) is 11.5 Å². The Hall–Kier alpha value is -0.680. The molecule has 2 aliphatic rings. The van der Waals surface area contributed by atoms with Gasteiger partial charge in [0.2, 0.25) is 0 Å². The Morgan fingerprint density at radius 3 is 2.43 bits per heavy atom. The third-order valence-corrected chi connectivity index (χ3v) is 4.43. The maximum absolute atomic E-state index is 6.14. The highest BCUT2D eigenvalue weighted by Crippen LogP contribution is 2.41. The van der Waals surface area contributed by atoms with Gasteiger partial charge in [0.05, 0.1) is 14.2 Å². The molecule has 0 amide bonds. The van der Waals surface area contributed by atoms with Crippen molar-refractivity contribution < 1.29 is 9.47 Å². The molecule has 2 heterocycles. The zero-order valence-corrected chi connectivity index (χ0v) is 14.1. The molecule has 1 fully saturated rings. The van der Waals surface area contributed by atoms with E-state index in [0.29, 0.717) is 12.1 Å². The summed E-state index contributed by atoms with van der Waals surface area (Å²) < 4.78 is 10.8. The monoisotopic (exact) mass is 334 g/mol. The normalized spacial score (nSPS) is 24.0. The summed E-state index contributed by atoms with van der Waals surface area (Å²) in [4.78, 5) is 2.55. The van der Waals surface area contributed by atoms with Gasteiger partial charge in [-0.05, 0) is 42.5 Å². The van der Waals surface area contributed by atoms with Crippen molar-refractivity contribution >= 4 is 24.8 Å². The van der Waals surface area contributed by atoms with E-state index in [-0.39, 0.29) is 24.8 Å². The van der Waals surface area contributed by atoms with Gasteiger partial charge in [0.15, 0.2) is 11.5 Å². The predicted octanol–water partition coefficient (Wildman–Crippen LogP) is 2.57. The average molecular weight is 335 g/mol. The van der Waals surface area contributed by atoms with E-state index in [1.807, 2.05) is 0 Å². The molecule has 1 aromatic carbocycles. The van der Waals surface area contributed by atoms with Gasteiger partial charge in [0, 0.05) is 25.2 Å².